The second kappa shape index (κ2) is 5.71. The van der Waals surface area contributed by atoms with Crippen molar-refractivity contribution in [2.75, 3.05) is 7.11 Å². The summed E-state index contributed by atoms with van der Waals surface area (Å²) in [5.74, 6) is 2.66. The van der Waals surface area contributed by atoms with Gasteiger partial charge in [-0.1, -0.05) is 13.8 Å². The maximum absolute atomic E-state index is 11.9. The topological polar surface area (TPSA) is 87.0 Å². The molecule has 6 aliphatic carbocycles. The highest BCUT2D eigenvalue weighted by atomic mass is 16.5. The zero-order valence-electron chi connectivity index (χ0n) is 18.4. The fourth-order valence-electron chi connectivity index (χ4n) is 9.79. The Morgan fingerprint density at radius 3 is 2.43 bits per heavy atom. The Hall–Kier alpha value is -0.910. The summed E-state index contributed by atoms with van der Waals surface area (Å²) in [6, 6.07) is 0. The number of esters is 1. The van der Waals surface area contributed by atoms with E-state index in [-0.39, 0.29) is 22.9 Å². The number of aliphatic hydroxyl groups is 3. The lowest BCUT2D eigenvalue weighted by Crippen LogP contribution is -2.65. The van der Waals surface area contributed by atoms with Crippen LogP contribution in [0.1, 0.15) is 58.8 Å². The van der Waals surface area contributed by atoms with Crippen molar-refractivity contribution in [1.82, 2.24) is 0 Å². The SMILES string of the molecule is COC(=O)/C=C/[C@]1(O)[C@H]2C[C@H]2[C@H]2[C@@H]3[C@H]4C[C@H]4[C@]4(O)C[C@@H](O)CC[C@]4(C)[C@H]3CC[C@@]21C. The van der Waals surface area contributed by atoms with Crippen molar-refractivity contribution in [3.8, 4) is 0 Å². The van der Waals surface area contributed by atoms with Gasteiger partial charge in [-0.3, -0.25) is 0 Å². The number of aliphatic hydroxyl groups excluding tert-OH is 1. The molecule has 0 aromatic carbocycles. The van der Waals surface area contributed by atoms with Gasteiger partial charge in [-0.15, -0.1) is 0 Å². The van der Waals surface area contributed by atoms with Crippen LogP contribution in [0.5, 0.6) is 0 Å². The number of hydrogen-bond donors (Lipinski definition) is 3. The van der Waals surface area contributed by atoms with E-state index in [0.717, 1.165) is 38.5 Å². The second-order valence-electron chi connectivity index (χ2n) is 12.1. The average Bonchev–Trinajstić information content (AvgIpc) is 3.60. The van der Waals surface area contributed by atoms with Crippen LogP contribution in [0.2, 0.25) is 0 Å². The van der Waals surface area contributed by atoms with E-state index < -0.39 is 17.2 Å². The summed E-state index contributed by atoms with van der Waals surface area (Å²) in [5.41, 5.74) is -2.03. The van der Waals surface area contributed by atoms with Gasteiger partial charge in [0.2, 0.25) is 0 Å². The van der Waals surface area contributed by atoms with Gasteiger partial charge in [0.25, 0.3) is 0 Å². The molecule has 5 nitrogen and oxygen atoms in total. The molecule has 166 valence electrons. The first-order valence-corrected chi connectivity index (χ1v) is 12.0. The number of hydrogen-bond acceptors (Lipinski definition) is 5. The van der Waals surface area contributed by atoms with Gasteiger partial charge in [-0.25, -0.2) is 4.79 Å². The van der Waals surface area contributed by atoms with Crippen LogP contribution in [0, 0.1) is 52.3 Å². The minimum atomic E-state index is -0.941. The third-order valence-electron chi connectivity index (χ3n) is 11.3. The molecule has 0 unspecified atom stereocenters. The molecule has 0 heterocycles. The van der Waals surface area contributed by atoms with Gasteiger partial charge >= 0.3 is 5.97 Å². The number of carbonyl (C=O) groups is 1. The Kier molecular flexibility index (Phi) is 3.76. The molecule has 12 atom stereocenters. The van der Waals surface area contributed by atoms with Gasteiger partial charge in [0, 0.05) is 17.9 Å². The number of methoxy groups -OCH3 is 1. The van der Waals surface area contributed by atoms with Crippen molar-refractivity contribution in [1.29, 1.82) is 0 Å². The zero-order valence-corrected chi connectivity index (χ0v) is 18.4. The summed E-state index contributed by atoms with van der Waals surface area (Å²) in [4.78, 5) is 11.8. The Morgan fingerprint density at radius 2 is 1.70 bits per heavy atom. The van der Waals surface area contributed by atoms with Crippen molar-refractivity contribution in [2.24, 2.45) is 52.3 Å². The highest BCUT2D eigenvalue weighted by Gasteiger charge is 2.80. The van der Waals surface area contributed by atoms with Crippen molar-refractivity contribution >= 4 is 5.97 Å². The molecule has 5 heteroatoms. The van der Waals surface area contributed by atoms with Crippen LogP contribution >= 0.6 is 0 Å². The lowest BCUT2D eigenvalue weighted by atomic mass is 9.42. The predicted octanol–water partition coefficient (Wildman–Crippen LogP) is 2.68. The van der Waals surface area contributed by atoms with Crippen molar-refractivity contribution in [3.05, 3.63) is 12.2 Å². The smallest absolute Gasteiger partial charge is 0.330 e. The van der Waals surface area contributed by atoms with Gasteiger partial charge in [0.1, 0.15) is 0 Å². The monoisotopic (exact) mass is 416 g/mol. The van der Waals surface area contributed by atoms with Gasteiger partial charge in [-0.05, 0) is 91.4 Å². The lowest BCUT2D eigenvalue weighted by molar-refractivity contribution is -0.233. The Bertz CT molecular complexity index is 824. The van der Waals surface area contributed by atoms with Gasteiger partial charge in [0.15, 0.2) is 0 Å². The molecule has 30 heavy (non-hydrogen) atoms. The summed E-state index contributed by atoms with van der Waals surface area (Å²) in [7, 11) is 1.37. The van der Waals surface area contributed by atoms with E-state index in [1.54, 1.807) is 6.08 Å². The molecule has 0 amide bonds. The third-order valence-corrected chi connectivity index (χ3v) is 11.3. The van der Waals surface area contributed by atoms with E-state index in [9.17, 15) is 20.1 Å². The van der Waals surface area contributed by atoms with E-state index in [2.05, 4.69) is 13.8 Å². The van der Waals surface area contributed by atoms with Crippen LogP contribution in [0.3, 0.4) is 0 Å². The molecule has 0 saturated heterocycles. The fourth-order valence-corrected chi connectivity index (χ4v) is 9.79. The van der Waals surface area contributed by atoms with Crippen LogP contribution in [-0.4, -0.2) is 45.7 Å². The molecular formula is C25H36O5. The highest BCUT2D eigenvalue weighted by molar-refractivity contribution is 5.82. The number of carbonyl (C=O) groups excluding carboxylic acids is 1. The van der Waals surface area contributed by atoms with Gasteiger partial charge in [-0.2, -0.15) is 0 Å². The first-order chi connectivity index (χ1) is 14.1. The average molecular weight is 417 g/mol. The predicted molar refractivity (Wildman–Crippen MR) is 110 cm³/mol. The Labute approximate surface area is 178 Å². The number of ether oxygens (including phenoxy) is 1. The van der Waals surface area contributed by atoms with E-state index in [4.69, 9.17) is 4.74 Å². The summed E-state index contributed by atoms with van der Waals surface area (Å²) >= 11 is 0. The molecule has 6 saturated carbocycles. The number of rotatable bonds is 2. The Morgan fingerprint density at radius 1 is 1.00 bits per heavy atom. The fraction of sp³-hybridized carbons (Fsp3) is 0.880. The van der Waals surface area contributed by atoms with Gasteiger partial charge < -0.3 is 20.1 Å². The largest absolute Gasteiger partial charge is 0.466 e. The quantitative estimate of drug-likeness (QED) is 0.476. The van der Waals surface area contributed by atoms with E-state index in [1.807, 2.05) is 0 Å². The highest BCUT2D eigenvalue weighted by Crippen LogP contribution is 2.81. The standard InChI is InChI=1S/C25H36O5/c1-22-7-4-13(26)12-25(22,29)17-10-14(17)20-16(22)5-8-23(2)21(20)15-11-18(15)24(23,28)9-6-19(27)30-3/h6,9,13-18,20-21,26,28-29H,4-5,7-8,10-12H2,1-3H3/b9-6+/t13-,14-,15+,16-,17+,18-,20+,21-,22+,23-,24-,25+/m0/s1. The molecule has 0 radical (unpaired) electrons. The van der Waals surface area contributed by atoms with Crippen molar-refractivity contribution < 1.29 is 24.9 Å². The minimum absolute atomic E-state index is 0.136. The summed E-state index contributed by atoms with van der Waals surface area (Å²) < 4.78 is 4.79. The molecule has 0 bridgehead atoms. The first-order valence-electron chi connectivity index (χ1n) is 12.0. The van der Waals surface area contributed by atoms with Gasteiger partial charge in [0.05, 0.1) is 24.4 Å². The number of fused-ring (bicyclic) bond motifs is 10. The molecule has 6 fully saturated rings. The molecule has 3 N–H and O–H groups in total. The summed E-state index contributed by atoms with van der Waals surface area (Å²) in [6.45, 7) is 4.56. The molecule has 0 aromatic rings. The van der Waals surface area contributed by atoms with E-state index in [0.29, 0.717) is 41.9 Å². The molecular weight excluding hydrogens is 380 g/mol. The van der Waals surface area contributed by atoms with Crippen molar-refractivity contribution in [3.63, 3.8) is 0 Å². The maximum atomic E-state index is 11.9. The van der Waals surface area contributed by atoms with Crippen molar-refractivity contribution in [2.45, 2.75) is 76.1 Å². The summed E-state index contributed by atoms with van der Waals surface area (Å²) in [6.07, 6.45) is 9.10. The molecule has 0 aliphatic heterocycles. The lowest BCUT2D eigenvalue weighted by Gasteiger charge is -2.64. The molecule has 0 spiro atoms. The van der Waals surface area contributed by atoms with Crippen LogP contribution in [-0.2, 0) is 9.53 Å². The second-order valence-corrected chi connectivity index (χ2v) is 12.1. The maximum Gasteiger partial charge on any atom is 0.330 e. The molecule has 0 aromatic heterocycles. The van der Waals surface area contributed by atoms with Crippen LogP contribution in [0.15, 0.2) is 12.2 Å². The Balaban J connectivity index is 1.38. The zero-order chi connectivity index (χ0) is 21.3. The van der Waals surface area contributed by atoms with Crippen LogP contribution < -0.4 is 0 Å². The normalized spacial score (nSPS) is 62.6. The molecule has 6 aliphatic rings. The van der Waals surface area contributed by atoms with E-state index >= 15 is 0 Å². The third kappa shape index (κ3) is 2.08. The van der Waals surface area contributed by atoms with Crippen LogP contribution in [0.25, 0.3) is 0 Å². The minimum Gasteiger partial charge on any atom is -0.466 e. The summed E-state index contributed by atoms with van der Waals surface area (Å²) in [5, 5.41) is 34.1. The van der Waals surface area contributed by atoms with Crippen LogP contribution in [0.4, 0.5) is 0 Å². The molecule has 6 rings (SSSR count). The first kappa shape index (κ1) is 19.8. The van der Waals surface area contributed by atoms with E-state index in [1.165, 1.54) is 13.2 Å².